The van der Waals surface area contributed by atoms with Gasteiger partial charge in [-0.05, 0) is 25.1 Å². The third kappa shape index (κ3) is 2.96. The minimum absolute atomic E-state index is 0.221. The lowest BCUT2D eigenvalue weighted by Crippen LogP contribution is -2.52. The van der Waals surface area contributed by atoms with Gasteiger partial charge in [-0.25, -0.2) is 12.8 Å². The Morgan fingerprint density at radius 3 is 2.48 bits per heavy atom. The van der Waals surface area contributed by atoms with E-state index in [9.17, 15) is 12.8 Å². The minimum atomic E-state index is -3.72. The van der Waals surface area contributed by atoms with E-state index in [1.165, 1.54) is 22.5 Å². The second-order valence-electron chi connectivity index (χ2n) is 5.52. The second kappa shape index (κ2) is 6.00. The summed E-state index contributed by atoms with van der Waals surface area (Å²) >= 11 is 0. The van der Waals surface area contributed by atoms with Crippen molar-refractivity contribution in [1.82, 2.24) is 14.5 Å². The third-order valence-corrected chi connectivity index (χ3v) is 6.21. The predicted octanol–water partition coefficient (Wildman–Crippen LogP) is 0.494. The molecule has 0 aromatic heterocycles. The molecule has 0 radical (unpaired) electrons. The van der Waals surface area contributed by atoms with Crippen LogP contribution < -0.4 is 5.32 Å². The fourth-order valence-electron chi connectivity index (χ4n) is 3.05. The third-order valence-electron chi connectivity index (χ3n) is 4.28. The van der Waals surface area contributed by atoms with Crippen molar-refractivity contribution in [3.63, 3.8) is 0 Å². The van der Waals surface area contributed by atoms with Gasteiger partial charge >= 0.3 is 0 Å². The van der Waals surface area contributed by atoms with Crippen LogP contribution in [0.5, 0.6) is 0 Å². The monoisotopic (exact) mass is 313 g/mol. The van der Waals surface area contributed by atoms with Crippen molar-refractivity contribution in [3.05, 3.63) is 30.1 Å². The van der Waals surface area contributed by atoms with Gasteiger partial charge in [0.25, 0.3) is 0 Å². The molecule has 1 atom stereocenters. The number of rotatable bonds is 3. The van der Waals surface area contributed by atoms with Crippen molar-refractivity contribution in [2.24, 2.45) is 0 Å². The average molecular weight is 313 g/mol. The van der Waals surface area contributed by atoms with Gasteiger partial charge in [-0.15, -0.1) is 0 Å². The number of nitrogens with zero attached hydrogens (tertiary/aromatic N) is 2. The molecule has 2 aliphatic rings. The van der Waals surface area contributed by atoms with E-state index >= 15 is 0 Å². The van der Waals surface area contributed by atoms with Gasteiger partial charge in [0.2, 0.25) is 10.0 Å². The van der Waals surface area contributed by atoms with Crippen molar-refractivity contribution in [2.45, 2.75) is 17.4 Å². The van der Waals surface area contributed by atoms with Crippen LogP contribution in [0.4, 0.5) is 4.39 Å². The van der Waals surface area contributed by atoms with Gasteiger partial charge in [-0.1, -0.05) is 12.1 Å². The number of sulfonamides is 1. The van der Waals surface area contributed by atoms with E-state index in [0.29, 0.717) is 32.2 Å². The molecule has 21 heavy (non-hydrogen) atoms. The molecule has 116 valence electrons. The van der Waals surface area contributed by atoms with Crippen LogP contribution in [0.3, 0.4) is 0 Å². The van der Waals surface area contributed by atoms with Crippen LogP contribution in [0.2, 0.25) is 0 Å². The molecule has 3 rings (SSSR count). The summed E-state index contributed by atoms with van der Waals surface area (Å²) in [7, 11) is -3.72. The minimum Gasteiger partial charge on any atom is -0.315 e. The number of hydrogen-bond donors (Lipinski definition) is 1. The Morgan fingerprint density at radius 1 is 1.14 bits per heavy atom. The second-order valence-corrected chi connectivity index (χ2v) is 7.42. The van der Waals surface area contributed by atoms with Gasteiger partial charge in [0.1, 0.15) is 10.7 Å². The molecule has 0 aliphatic carbocycles. The van der Waals surface area contributed by atoms with Crippen molar-refractivity contribution in [1.29, 1.82) is 0 Å². The van der Waals surface area contributed by atoms with Crippen LogP contribution in [-0.2, 0) is 10.0 Å². The van der Waals surface area contributed by atoms with Gasteiger partial charge in [0, 0.05) is 38.8 Å². The van der Waals surface area contributed by atoms with Crippen molar-refractivity contribution < 1.29 is 12.8 Å². The molecule has 0 spiro atoms. The zero-order valence-corrected chi connectivity index (χ0v) is 12.7. The molecule has 1 aromatic carbocycles. The fourth-order valence-corrected chi connectivity index (χ4v) is 4.54. The van der Waals surface area contributed by atoms with Crippen LogP contribution >= 0.6 is 0 Å². The van der Waals surface area contributed by atoms with E-state index in [0.717, 1.165) is 19.5 Å². The predicted molar refractivity (Wildman–Crippen MR) is 78.0 cm³/mol. The summed E-state index contributed by atoms with van der Waals surface area (Å²) in [5.41, 5.74) is 0. The first-order valence-electron chi connectivity index (χ1n) is 7.28. The highest BCUT2D eigenvalue weighted by Gasteiger charge is 2.33. The lowest BCUT2D eigenvalue weighted by molar-refractivity contribution is 0.145. The smallest absolute Gasteiger partial charge is 0.246 e. The Bertz CT molecular complexity index is 594. The Morgan fingerprint density at radius 2 is 1.86 bits per heavy atom. The summed E-state index contributed by atoms with van der Waals surface area (Å²) in [5, 5.41) is 3.32. The maximum absolute atomic E-state index is 13.7. The average Bonchev–Trinajstić information content (AvgIpc) is 3.02. The highest BCUT2D eigenvalue weighted by atomic mass is 32.2. The van der Waals surface area contributed by atoms with Gasteiger partial charge in [0.15, 0.2) is 0 Å². The molecule has 2 heterocycles. The lowest BCUT2D eigenvalue weighted by Gasteiger charge is -2.37. The normalized spacial score (nSPS) is 25.3. The topological polar surface area (TPSA) is 52.7 Å². The lowest BCUT2D eigenvalue weighted by atomic mass is 10.2. The summed E-state index contributed by atoms with van der Waals surface area (Å²) in [6.07, 6.45) is 1.11. The van der Waals surface area contributed by atoms with Crippen LogP contribution in [0.1, 0.15) is 6.42 Å². The van der Waals surface area contributed by atoms with E-state index in [1.54, 1.807) is 6.07 Å². The number of benzene rings is 1. The van der Waals surface area contributed by atoms with Gasteiger partial charge in [-0.3, -0.25) is 4.90 Å². The van der Waals surface area contributed by atoms with Crippen LogP contribution in [-0.4, -0.2) is 62.9 Å². The Hall–Kier alpha value is -1.02. The van der Waals surface area contributed by atoms with Gasteiger partial charge in [0.05, 0.1) is 0 Å². The Labute approximate surface area is 124 Å². The van der Waals surface area contributed by atoms with E-state index in [4.69, 9.17) is 0 Å². The molecule has 0 bridgehead atoms. The molecule has 0 saturated carbocycles. The quantitative estimate of drug-likeness (QED) is 0.883. The standard InChI is InChI=1S/C14H20FN3O2S/c15-13-3-1-2-4-14(13)21(19,20)18-9-7-17(8-10-18)12-5-6-16-11-12/h1-4,12,16H,5-11H2. The first-order valence-corrected chi connectivity index (χ1v) is 8.72. The highest BCUT2D eigenvalue weighted by molar-refractivity contribution is 7.89. The molecule has 1 unspecified atom stereocenters. The maximum Gasteiger partial charge on any atom is 0.246 e. The van der Waals surface area contributed by atoms with E-state index in [2.05, 4.69) is 10.2 Å². The molecular weight excluding hydrogens is 293 g/mol. The van der Waals surface area contributed by atoms with E-state index < -0.39 is 15.8 Å². The number of nitrogens with one attached hydrogen (secondary N) is 1. The van der Waals surface area contributed by atoms with Crippen LogP contribution in [0.15, 0.2) is 29.2 Å². The summed E-state index contributed by atoms with van der Waals surface area (Å²) in [5.74, 6) is -0.681. The number of halogens is 1. The molecule has 7 heteroatoms. The number of hydrogen-bond acceptors (Lipinski definition) is 4. The summed E-state index contributed by atoms with van der Waals surface area (Å²) in [4.78, 5) is 2.11. The van der Waals surface area contributed by atoms with Crippen molar-refractivity contribution in [2.75, 3.05) is 39.3 Å². The van der Waals surface area contributed by atoms with E-state index in [-0.39, 0.29) is 4.90 Å². The fraction of sp³-hybridized carbons (Fsp3) is 0.571. The Balaban J connectivity index is 1.70. The van der Waals surface area contributed by atoms with E-state index in [1.807, 2.05) is 0 Å². The zero-order chi connectivity index (χ0) is 14.9. The molecule has 2 fully saturated rings. The Kier molecular flexibility index (Phi) is 4.26. The van der Waals surface area contributed by atoms with Crippen LogP contribution in [0.25, 0.3) is 0 Å². The summed E-state index contributed by atoms with van der Waals surface area (Å²) < 4.78 is 40.1. The molecule has 1 aromatic rings. The highest BCUT2D eigenvalue weighted by Crippen LogP contribution is 2.21. The maximum atomic E-state index is 13.7. The molecular formula is C14H20FN3O2S. The molecule has 1 N–H and O–H groups in total. The van der Waals surface area contributed by atoms with Crippen molar-refractivity contribution >= 4 is 10.0 Å². The summed E-state index contributed by atoms with van der Waals surface area (Å²) in [6.45, 7) is 4.26. The summed E-state index contributed by atoms with van der Waals surface area (Å²) in [6, 6.07) is 6.07. The van der Waals surface area contributed by atoms with Crippen LogP contribution in [0, 0.1) is 5.82 Å². The first-order chi connectivity index (χ1) is 10.1. The molecule has 2 aliphatic heterocycles. The largest absolute Gasteiger partial charge is 0.315 e. The van der Waals surface area contributed by atoms with Gasteiger partial charge in [-0.2, -0.15) is 4.31 Å². The molecule has 0 amide bonds. The van der Waals surface area contributed by atoms with Crippen molar-refractivity contribution in [3.8, 4) is 0 Å². The zero-order valence-electron chi connectivity index (χ0n) is 11.8. The molecule has 2 saturated heterocycles. The SMILES string of the molecule is O=S(=O)(c1ccccc1F)N1CCN(C2CCNC2)CC1. The van der Waals surface area contributed by atoms with Gasteiger partial charge < -0.3 is 5.32 Å². The first kappa shape index (κ1) is 14.9. The molecule has 5 nitrogen and oxygen atoms in total. The number of piperazine rings is 1.